The molecule has 0 radical (unpaired) electrons. The van der Waals surface area contributed by atoms with Crippen molar-refractivity contribution in [2.24, 2.45) is 0 Å². The van der Waals surface area contributed by atoms with Crippen LogP contribution in [0.15, 0.2) is 18.2 Å². The monoisotopic (exact) mass is 280 g/mol. The summed E-state index contributed by atoms with van der Waals surface area (Å²) in [6, 6.07) is 4.48. The Morgan fingerprint density at radius 2 is 2.05 bits per heavy atom. The number of ether oxygens (including phenoxy) is 1. The van der Waals surface area contributed by atoms with Crippen LogP contribution in [0, 0.1) is 5.82 Å². The molecule has 0 aliphatic heterocycles. The molecule has 3 nitrogen and oxygen atoms in total. The SMILES string of the molecule is CCCOC1CCC(c2ccc(C(=O)O)c(F)c2)CC1. The Labute approximate surface area is 118 Å². The van der Waals surface area contributed by atoms with Gasteiger partial charge in [-0.15, -0.1) is 0 Å². The molecule has 0 saturated heterocycles. The molecule has 1 aliphatic carbocycles. The second kappa shape index (κ2) is 6.84. The summed E-state index contributed by atoms with van der Waals surface area (Å²) in [6.07, 6.45) is 5.29. The second-order valence-corrected chi connectivity index (χ2v) is 5.39. The van der Waals surface area contributed by atoms with Crippen LogP contribution in [0.3, 0.4) is 0 Å². The summed E-state index contributed by atoms with van der Waals surface area (Å²) >= 11 is 0. The van der Waals surface area contributed by atoms with Crippen LogP contribution in [0.25, 0.3) is 0 Å². The summed E-state index contributed by atoms with van der Waals surface area (Å²) in [5.74, 6) is -1.54. The number of hydrogen-bond acceptors (Lipinski definition) is 2. The summed E-state index contributed by atoms with van der Waals surface area (Å²) in [5.41, 5.74) is 0.648. The lowest BCUT2D eigenvalue weighted by Gasteiger charge is -2.28. The first-order valence-corrected chi connectivity index (χ1v) is 7.26. The third-order valence-corrected chi connectivity index (χ3v) is 3.93. The fraction of sp³-hybridized carbons (Fsp3) is 0.562. The zero-order valence-electron chi connectivity index (χ0n) is 11.8. The fourth-order valence-corrected chi connectivity index (χ4v) is 2.81. The van der Waals surface area contributed by atoms with Crippen molar-refractivity contribution in [3.05, 3.63) is 35.1 Å². The molecule has 1 aliphatic rings. The van der Waals surface area contributed by atoms with Crippen LogP contribution in [-0.2, 0) is 4.74 Å². The number of carboxylic acids is 1. The number of carboxylic acid groups (broad SMARTS) is 1. The van der Waals surface area contributed by atoms with Gasteiger partial charge in [-0.1, -0.05) is 13.0 Å². The van der Waals surface area contributed by atoms with E-state index >= 15 is 0 Å². The highest BCUT2D eigenvalue weighted by Crippen LogP contribution is 2.34. The average Bonchev–Trinajstić information content (AvgIpc) is 2.45. The summed E-state index contributed by atoms with van der Waals surface area (Å²) in [6.45, 7) is 2.90. The van der Waals surface area contributed by atoms with Gasteiger partial charge in [-0.3, -0.25) is 0 Å². The first-order valence-electron chi connectivity index (χ1n) is 7.26. The van der Waals surface area contributed by atoms with E-state index < -0.39 is 11.8 Å². The van der Waals surface area contributed by atoms with E-state index in [0.29, 0.717) is 12.0 Å². The van der Waals surface area contributed by atoms with Crippen LogP contribution in [0.1, 0.15) is 60.9 Å². The topological polar surface area (TPSA) is 46.5 Å². The third-order valence-electron chi connectivity index (χ3n) is 3.93. The molecule has 1 fully saturated rings. The maximum absolute atomic E-state index is 13.7. The third kappa shape index (κ3) is 3.57. The Morgan fingerprint density at radius 3 is 2.60 bits per heavy atom. The molecule has 0 atom stereocenters. The molecule has 1 saturated carbocycles. The smallest absolute Gasteiger partial charge is 0.338 e. The van der Waals surface area contributed by atoms with Gasteiger partial charge in [-0.25, -0.2) is 9.18 Å². The maximum Gasteiger partial charge on any atom is 0.338 e. The zero-order chi connectivity index (χ0) is 14.5. The lowest BCUT2D eigenvalue weighted by Crippen LogP contribution is -2.21. The van der Waals surface area contributed by atoms with Gasteiger partial charge in [0.2, 0.25) is 0 Å². The predicted molar refractivity (Wildman–Crippen MR) is 74.6 cm³/mol. The van der Waals surface area contributed by atoms with Gasteiger partial charge in [-0.2, -0.15) is 0 Å². The van der Waals surface area contributed by atoms with Crippen molar-refractivity contribution in [2.45, 2.75) is 51.0 Å². The van der Waals surface area contributed by atoms with Gasteiger partial charge in [-0.05, 0) is 55.7 Å². The summed E-state index contributed by atoms with van der Waals surface area (Å²) in [5, 5.41) is 8.83. The second-order valence-electron chi connectivity index (χ2n) is 5.39. The molecular formula is C16H21FO3. The largest absolute Gasteiger partial charge is 0.478 e. The molecular weight excluding hydrogens is 259 g/mol. The van der Waals surface area contributed by atoms with Gasteiger partial charge >= 0.3 is 5.97 Å². The number of carbonyl (C=O) groups is 1. The highest BCUT2D eigenvalue weighted by molar-refractivity contribution is 5.87. The quantitative estimate of drug-likeness (QED) is 0.887. The Balaban J connectivity index is 1.97. The molecule has 0 heterocycles. The van der Waals surface area contributed by atoms with E-state index in [-0.39, 0.29) is 5.56 Å². The van der Waals surface area contributed by atoms with E-state index in [1.54, 1.807) is 6.07 Å². The molecule has 0 aromatic heterocycles. The van der Waals surface area contributed by atoms with Gasteiger partial charge < -0.3 is 9.84 Å². The van der Waals surface area contributed by atoms with Crippen LogP contribution in [0.4, 0.5) is 4.39 Å². The van der Waals surface area contributed by atoms with Crippen LogP contribution in [0.5, 0.6) is 0 Å². The molecule has 20 heavy (non-hydrogen) atoms. The van der Waals surface area contributed by atoms with Crippen LogP contribution >= 0.6 is 0 Å². The van der Waals surface area contributed by atoms with E-state index in [4.69, 9.17) is 9.84 Å². The van der Waals surface area contributed by atoms with Crippen molar-refractivity contribution in [3.8, 4) is 0 Å². The van der Waals surface area contributed by atoms with Crippen LogP contribution in [-0.4, -0.2) is 23.8 Å². The molecule has 1 aromatic carbocycles. The van der Waals surface area contributed by atoms with Crippen molar-refractivity contribution in [1.82, 2.24) is 0 Å². The van der Waals surface area contributed by atoms with E-state index in [1.165, 1.54) is 12.1 Å². The predicted octanol–water partition coefficient (Wildman–Crippen LogP) is 3.98. The van der Waals surface area contributed by atoms with Gasteiger partial charge in [0, 0.05) is 6.61 Å². The first kappa shape index (κ1) is 15.0. The number of benzene rings is 1. The Kier molecular flexibility index (Phi) is 5.12. The number of halogens is 1. The number of hydrogen-bond donors (Lipinski definition) is 1. The molecule has 1 N–H and O–H groups in total. The van der Waals surface area contributed by atoms with Gasteiger partial charge in [0.15, 0.2) is 0 Å². The maximum atomic E-state index is 13.7. The van der Waals surface area contributed by atoms with Crippen molar-refractivity contribution >= 4 is 5.97 Å². The fourth-order valence-electron chi connectivity index (χ4n) is 2.81. The number of rotatable bonds is 5. The van der Waals surface area contributed by atoms with Gasteiger partial charge in [0.1, 0.15) is 5.82 Å². The lowest BCUT2D eigenvalue weighted by molar-refractivity contribution is 0.0251. The van der Waals surface area contributed by atoms with Gasteiger partial charge in [0.05, 0.1) is 11.7 Å². The molecule has 0 bridgehead atoms. The zero-order valence-corrected chi connectivity index (χ0v) is 11.8. The Morgan fingerprint density at radius 1 is 1.35 bits per heavy atom. The highest BCUT2D eigenvalue weighted by atomic mass is 19.1. The normalized spacial score (nSPS) is 22.7. The van der Waals surface area contributed by atoms with E-state index in [2.05, 4.69) is 6.92 Å². The van der Waals surface area contributed by atoms with E-state index in [0.717, 1.165) is 44.3 Å². The highest BCUT2D eigenvalue weighted by Gasteiger charge is 2.23. The van der Waals surface area contributed by atoms with Crippen LogP contribution in [0.2, 0.25) is 0 Å². The minimum Gasteiger partial charge on any atom is -0.478 e. The van der Waals surface area contributed by atoms with Crippen molar-refractivity contribution in [2.75, 3.05) is 6.61 Å². The van der Waals surface area contributed by atoms with Gasteiger partial charge in [0.25, 0.3) is 0 Å². The molecule has 2 rings (SSSR count). The van der Waals surface area contributed by atoms with Crippen LogP contribution < -0.4 is 0 Å². The Bertz CT molecular complexity index is 465. The molecule has 110 valence electrons. The minimum atomic E-state index is -1.22. The van der Waals surface area contributed by atoms with E-state index in [1.807, 2.05) is 0 Å². The van der Waals surface area contributed by atoms with Crippen molar-refractivity contribution in [3.63, 3.8) is 0 Å². The first-order chi connectivity index (χ1) is 9.61. The Hall–Kier alpha value is -1.42. The van der Waals surface area contributed by atoms with Crippen molar-refractivity contribution in [1.29, 1.82) is 0 Å². The molecule has 0 amide bonds. The minimum absolute atomic E-state index is 0.256. The molecule has 1 aromatic rings. The molecule has 4 heteroatoms. The van der Waals surface area contributed by atoms with E-state index in [9.17, 15) is 9.18 Å². The molecule has 0 spiro atoms. The summed E-state index contributed by atoms with van der Waals surface area (Å²) in [4.78, 5) is 10.8. The number of aromatic carboxylic acids is 1. The standard InChI is InChI=1S/C16H21FO3/c1-2-9-20-13-6-3-11(4-7-13)12-5-8-14(16(18)19)15(17)10-12/h5,8,10-11,13H,2-4,6-7,9H2,1H3,(H,18,19). The summed E-state index contributed by atoms with van der Waals surface area (Å²) < 4.78 is 19.4. The summed E-state index contributed by atoms with van der Waals surface area (Å²) in [7, 11) is 0. The molecule has 0 unspecified atom stereocenters. The van der Waals surface area contributed by atoms with Crippen molar-refractivity contribution < 1.29 is 19.0 Å². The average molecular weight is 280 g/mol. The lowest BCUT2D eigenvalue weighted by atomic mass is 9.82.